The van der Waals surface area contributed by atoms with E-state index in [1.54, 1.807) is 23.1 Å². The highest BCUT2D eigenvalue weighted by Crippen LogP contribution is 2.19. The molecule has 4 rings (SSSR count). The number of carbonyl (C=O) groups excluding carboxylic acids is 1. The predicted molar refractivity (Wildman–Crippen MR) is 116 cm³/mol. The van der Waals surface area contributed by atoms with Crippen molar-refractivity contribution >= 4 is 28.4 Å². The number of benzene rings is 1. The quantitative estimate of drug-likeness (QED) is 0.635. The van der Waals surface area contributed by atoms with Crippen LogP contribution in [0, 0.1) is 6.92 Å². The topological polar surface area (TPSA) is 87.5 Å². The molecular formula is C21H25N7O2. The largest absolute Gasteiger partial charge is 0.363 e. The Kier molecular flexibility index (Phi) is 5.35. The molecule has 1 aromatic carbocycles. The van der Waals surface area contributed by atoms with Crippen molar-refractivity contribution in [2.75, 3.05) is 50.1 Å². The number of carbonyl (C=O) groups is 1. The lowest BCUT2D eigenvalue weighted by molar-refractivity contribution is -0.132. The van der Waals surface area contributed by atoms with E-state index in [1.807, 2.05) is 38.1 Å². The van der Waals surface area contributed by atoms with Crippen LogP contribution in [0.1, 0.15) is 5.82 Å². The van der Waals surface area contributed by atoms with Crippen LogP contribution in [0.5, 0.6) is 0 Å². The van der Waals surface area contributed by atoms with E-state index in [1.165, 1.54) is 10.9 Å². The van der Waals surface area contributed by atoms with Crippen molar-refractivity contribution in [3.05, 3.63) is 52.8 Å². The van der Waals surface area contributed by atoms with Gasteiger partial charge in [-0.05, 0) is 19.1 Å². The number of fused-ring (bicyclic) bond motifs is 1. The maximum atomic E-state index is 12.8. The molecule has 1 aliphatic rings. The van der Waals surface area contributed by atoms with Crippen LogP contribution < -0.4 is 15.4 Å². The molecule has 0 unspecified atom stereocenters. The van der Waals surface area contributed by atoms with Crippen LogP contribution in [-0.4, -0.2) is 70.6 Å². The van der Waals surface area contributed by atoms with Crippen LogP contribution in [0.15, 0.2) is 41.5 Å². The molecule has 3 aromatic rings. The Morgan fingerprint density at radius 1 is 1.10 bits per heavy atom. The summed E-state index contributed by atoms with van der Waals surface area (Å²) in [4.78, 5) is 44.6. The smallest absolute Gasteiger partial charge is 0.261 e. The van der Waals surface area contributed by atoms with Gasteiger partial charge >= 0.3 is 0 Å². The summed E-state index contributed by atoms with van der Waals surface area (Å²) in [5, 5.41) is 0.522. The van der Waals surface area contributed by atoms with Crippen molar-refractivity contribution in [1.29, 1.82) is 0 Å². The van der Waals surface area contributed by atoms with Gasteiger partial charge in [0.2, 0.25) is 5.91 Å². The van der Waals surface area contributed by atoms with Crippen LogP contribution in [0.3, 0.4) is 0 Å². The van der Waals surface area contributed by atoms with Gasteiger partial charge in [0.1, 0.15) is 24.0 Å². The highest BCUT2D eigenvalue weighted by Gasteiger charge is 2.23. The Labute approximate surface area is 174 Å². The number of aromatic nitrogens is 4. The summed E-state index contributed by atoms with van der Waals surface area (Å²) in [6.45, 7) is 4.39. The molecule has 30 heavy (non-hydrogen) atoms. The number of hydrogen-bond acceptors (Lipinski definition) is 7. The number of amides is 1. The fourth-order valence-electron chi connectivity index (χ4n) is 3.58. The van der Waals surface area contributed by atoms with Crippen molar-refractivity contribution < 1.29 is 4.79 Å². The average molecular weight is 407 g/mol. The minimum absolute atomic E-state index is 0.00589. The number of para-hydroxylation sites is 1. The molecule has 9 heteroatoms. The maximum absolute atomic E-state index is 12.8. The van der Waals surface area contributed by atoms with Crippen molar-refractivity contribution in [3.8, 4) is 0 Å². The number of aryl methyl sites for hydroxylation is 1. The second kappa shape index (κ2) is 8.10. The molecule has 3 heterocycles. The van der Waals surface area contributed by atoms with Gasteiger partial charge in [-0.3, -0.25) is 14.2 Å². The molecule has 1 aliphatic heterocycles. The molecule has 0 spiro atoms. The van der Waals surface area contributed by atoms with Crippen molar-refractivity contribution in [1.82, 2.24) is 24.4 Å². The van der Waals surface area contributed by atoms with Crippen LogP contribution >= 0.6 is 0 Å². The third kappa shape index (κ3) is 3.96. The Balaban J connectivity index is 1.43. The lowest BCUT2D eigenvalue weighted by Gasteiger charge is -2.35. The summed E-state index contributed by atoms with van der Waals surface area (Å²) >= 11 is 0. The average Bonchev–Trinajstić information content (AvgIpc) is 2.75. The highest BCUT2D eigenvalue weighted by atomic mass is 16.2. The third-order valence-corrected chi connectivity index (χ3v) is 5.26. The van der Waals surface area contributed by atoms with E-state index in [0.717, 1.165) is 17.5 Å². The van der Waals surface area contributed by atoms with E-state index in [9.17, 15) is 9.59 Å². The van der Waals surface area contributed by atoms with Gasteiger partial charge in [-0.1, -0.05) is 12.1 Å². The van der Waals surface area contributed by atoms with Crippen LogP contribution in [0.25, 0.3) is 10.9 Å². The molecule has 0 atom stereocenters. The van der Waals surface area contributed by atoms with Gasteiger partial charge in [0, 0.05) is 46.3 Å². The molecule has 1 saturated heterocycles. The van der Waals surface area contributed by atoms with Gasteiger partial charge in [-0.25, -0.2) is 15.0 Å². The summed E-state index contributed by atoms with van der Waals surface area (Å²) in [6, 6.07) is 9.12. The Bertz CT molecular complexity index is 1130. The van der Waals surface area contributed by atoms with Gasteiger partial charge in [0.25, 0.3) is 5.56 Å². The molecule has 0 saturated carbocycles. The molecule has 2 aromatic heterocycles. The summed E-state index contributed by atoms with van der Waals surface area (Å²) in [6.07, 6.45) is 1.45. The first kappa shape index (κ1) is 19.8. The molecule has 9 nitrogen and oxygen atoms in total. The number of piperazine rings is 1. The summed E-state index contributed by atoms with van der Waals surface area (Å²) < 4.78 is 1.38. The van der Waals surface area contributed by atoms with Crippen LogP contribution in [-0.2, 0) is 11.3 Å². The van der Waals surface area contributed by atoms with Crippen molar-refractivity contribution in [2.24, 2.45) is 0 Å². The fraction of sp³-hybridized carbons (Fsp3) is 0.381. The Morgan fingerprint density at radius 2 is 1.83 bits per heavy atom. The predicted octanol–water partition coefficient (Wildman–Crippen LogP) is 0.910. The van der Waals surface area contributed by atoms with Gasteiger partial charge in [-0.2, -0.15) is 0 Å². The van der Waals surface area contributed by atoms with Crippen LogP contribution in [0.2, 0.25) is 0 Å². The minimum Gasteiger partial charge on any atom is -0.363 e. The number of anilines is 2. The molecular weight excluding hydrogens is 382 g/mol. The first-order chi connectivity index (χ1) is 14.4. The van der Waals surface area contributed by atoms with Gasteiger partial charge in [-0.15, -0.1) is 0 Å². The summed E-state index contributed by atoms with van der Waals surface area (Å²) in [7, 11) is 3.90. The molecule has 0 aliphatic carbocycles. The van der Waals surface area contributed by atoms with Crippen molar-refractivity contribution in [2.45, 2.75) is 13.5 Å². The zero-order valence-corrected chi connectivity index (χ0v) is 17.4. The molecule has 0 bridgehead atoms. The number of nitrogens with zero attached hydrogens (tertiary/aromatic N) is 7. The molecule has 1 amide bonds. The highest BCUT2D eigenvalue weighted by molar-refractivity contribution is 5.79. The van der Waals surface area contributed by atoms with Gasteiger partial charge in [0.05, 0.1) is 17.2 Å². The van der Waals surface area contributed by atoms with Crippen molar-refractivity contribution in [3.63, 3.8) is 0 Å². The van der Waals surface area contributed by atoms with Gasteiger partial charge in [0.15, 0.2) is 0 Å². The molecule has 0 N–H and O–H groups in total. The fourth-order valence-corrected chi connectivity index (χ4v) is 3.58. The standard InChI is InChI=1S/C21H25N7O2/c1-15-23-18(25(2)3)12-19(24-15)26-8-10-27(11-9-26)20(29)13-28-14-22-17-7-5-4-6-16(17)21(28)30/h4-7,12,14H,8-11,13H2,1-3H3. The molecule has 1 fully saturated rings. The van der Waals surface area contributed by atoms with E-state index in [2.05, 4.69) is 19.9 Å². The minimum atomic E-state index is -0.194. The number of hydrogen-bond donors (Lipinski definition) is 0. The van der Waals surface area contributed by atoms with E-state index < -0.39 is 0 Å². The zero-order valence-electron chi connectivity index (χ0n) is 17.4. The summed E-state index contributed by atoms with van der Waals surface area (Å²) in [5.41, 5.74) is 0.442. The van der Waals surface area contributed by atoms with E-state index in [4.69, 9.17) is 0 Å². The first-order valence-electron chi connectivity index (χ1n) is 9.92. The van der Waals surface area contributed by atoms with E-state index >= 15 is 0 Å². The summed E-state index contributed by atoms with van der Waals surface area (Å²) in [5.74, 6) is 2.37. The SMILES string of the molecule is Cc1nc(N(C)C)cc(N2CCN(C(=O)Cn3cnc4ccccc4c3=O)CC2)n1. The van der Waals surface area contributed by atoms with Gasteiger partial charge < -0.3 is 14.7 Å². The monoisotopic (exact) mass is 407 g/mol. The maximum Gasteiger partial charge on any atom is 0.261 e. The second-order valence-corrected chi connectivity index (χ2v) is 7.59. The Hall–Kier alpha value is -3.49. The Morgan fingerprint density at radius 3 is 2.57 bits per heavy atom. The third-order valence-electron chi connectivity index (χ3n) is 5.26. The van der Waals surface area contributed by atoms with E-state index in [-0.39, 0.29) is 18.0 Å². The second-order valence-electron chi connectivity index (χ2n) is 7.59. The molecule has 0 radical (unpaired) electrons. The molecule has 156 valence electrons. The lowest BCUT2D eigenvalue weighted by Crippen LogP contribution is -2.50. The lowest BCUT2D eigenvalue weighted by atomic mass is 10.2. The normalized spacial score (nSPS) is 14.2. The first-order valence-corrected chi connectivity index (χ1v) is 9.92. The zero-order chi connectivity index (χ0) is 21.3. The number of rotatable bonds is 4. The van der Waals surface area contributed by atoms with E-state index in [0.29, 0.717) is 37.1 Å². The van der Waals surface area contributed by atoms with Crippen LogP contribution in [0.4, 0.5) is 11.6 Å².